The van der Waals surface area contributed by atoms with Crippen molar-refractivity contribution in [3.8, 4) is 6.19 Å². The van der Waals surface area contributed by atoms with Gasteiger partial charge in [0.1, 0.15) is 0 Å². The zero-order valence-electron chi connectivity index (χ0n) is 16.8. The van der Waals surface area contributed by atoms with E-state index in [2.05, 4.69) is 26.7 Å². The minimum Gasteiger partial charge on any atom is -0.352 e. The fourth-order valence-electron chi connectivity index (χ4n) is 3.40. The molecule has 0 aliphatic carbocycles. The number of likely N-dealkylation sites (tertiary alicyclic amines) is 1. The number of amides is 1. The first-order valence-electron chi connectivity index (χ1n) is 10.1. The molecule has 0 bridgehead atoms. The third-order valence-corrected chi connectivity index (χ3v) is 5.87. The van der Waals surface area contributed by atoms with Gasteiger partial charge in [-0.3, -0.25) is 9.78 Å². The number of nitrogens with zero attached hydrogens (tertiary/aromatic N) is 4. The Morgan fingerprint density at radius 2 is 2.20 bits per heavy atom. The molecule has 3 heterocycles. The summed E-state index contributed by atoms with van der Waals surface area (Å²) in [7, 11) is 0. The van der Waals surface area contributed by atoms with E-state index in [-0.39, 0.29) is 5.91 Å². The van der Waals surface area contributed by atoms with Crippen LogP contribution in [0.4, 0.5) is 5.69 Å². The van der Waals surface area contributed by atoms with E-state index in [0.29, 0.717) is 18.4 Å². The number of carbonyl (C=O) groups is 1. The lowest BCUT2D eigenvalue weighted by atomic mass is 9.92. The van der Waals surface area contributed by atoms with E-state index in [4.69, 9.17) is 5.26 Å². The van der Waals surface area contributed by atoms with Crippen LogP contribution in [0.2, 0.25) is 0 Å². The Balaban J connectivity index is 1.32. The molecule has 3 rings (SSSR count). The number of aliphatic imine (C=N–C) groups is 1. The Labute approximate surface area is 181 Å². The molecule has 0 atom stereocenters. The van der Waals surface area contributed by atoms with E-state index in [1.165, 1.54) is 11.3 Å². The molecule has 0 radical (unpaired) electrons. The molecule has 7 nitrogen and oxygen atoms in total. The van der Waals surface area contributed by atoms with Gasteiger partial charge in [-0.2, -0.15) is 5.26 Å². The van der Waals surface area contributed by atoms with Gasteiger partial charge in [-0.1, -0.05) is 18.2 Å². The number of aromatic nitrogens is 1. The number of hydrogen-bond acceptors (Lipinski definition) is 5. The smallest absolute Gasteiger partial charge is 0.263 e. The van der Waals surface area contributed by atoms with Crippen molar-refractivity contribution in [3.63, 3.8) is 0 Å². The van der Waals surface area contributed by atoms with Crippen LogP contribution in [0.25, 0.3) is 0 Å². The van der Waals surface area contributed by atoms with E-state index in [0.717, 1.165) is 49.3 Å². The minimum atomic E-state index is 0.171. The first-order valence-corrected chi connectivity index (χ1v) is 11.0. The van der Waals surface area contributed by atoms with Gasteiger partial charge < -0.3 is 15.5 Å². The highest BCUT2D eigenvalue weighted by molar-refractivity contribution is 7.12. The van der Waals surface area contributed by atoms with Crippen molar-refractivity contribution >= 4 is 28.9 Å². The van der Waals surface area contributed by atoms with Gasteiger partial charge in [0.2, 0.25) is 12.2 Å². The quantitative estimate of drug-likeness (QED) is 0.306. The Hall–Kier alpha value is -3.18. The lowest BCUT2D eigenvalue weighted by molar-refractivity contribution is 0.0692. The number of pyridine rings is 1. The molecule has 1 aliphatic rings. The molecule has 0 spiro atoms. The standard InChI is InChI=1S/C22H26N6OS/c23-17-26-22(27-19-7-4-11-24-16-19)25-12-3-1-2-6-18-9-13-28(14-10-18)21(29)20-8-5-15-30-20/h1,3-5,7-8,11,15-16,18H,2,6,9-10,12-14H2,(H2,25,26,27)/b3-1+. The molecular formula is C22H26N6OS. The molecule has 0 aromatic carbocycles. The molecule has 1 aliphatic heterocycles. The molecule has 156 valence electrons. The first kappa shape index (κ1) is 21.5. The van der Waals surface area contributed by atoms with Gasteiger partial charge in [0.05, 0.1) is 16.8 Å². The highest BCUT2D eigenvalue weighted by Crippen LogP contribution is 2.24. The number of anilines is 1. The zero-order valence-corrected chi connectivity index (χ0v) is 17.6. The Morgan fingerprint density at radius 3 is 2.90 bits per heavy atom. The second-order valence-electron chi connectivity index (χ2n) is 7.07. The monoisotopic (exact) mass is 422 g/mol. The predicted octanol–water partition coefficient (Wildman–Crippen LogP) is 3.87. The summed E-state index contributed by atoms with van der Waals surface area (Å²) in [5.41, 5.74) is 0.770. The van der Waals surface area contributed by atoms with Gasteiger partial charge in [-0.05, 0) is 55.2 Å². The van der Waals surface area contributed by atoms with E-state index in [1.807, 2.05) is 40.6 Å². The molecule has 2 aromatic rings. The maximum Gasteiger partial charge on any atom is 0.263 e. The van der Waals surface area contributed by atoms with E-state index >= 15 is 0 Å². The summed E-state index contributed by atoms with van der Waals surface area (Å²) in [6.45, 7) is 2.28. The molecule has 0 unspecified atom stereocenters. The third-order valence-electron chi connectivity index (χ3n) is 5.02. The van der Waals surface area contributed by atoms with Gasteiger partial charge in [-0.25, -0.2) is 0 Å². The summed E-state index contributed by atoms with van der Waals surface area (Å²) < 4.78 is 0. The number of nitriles is 1. The molecule has 2 N–H and O–H groups in total. The van der Waals surface area contributed by atoms with Gasteiger partial charge in [0, 0.05) is 25.8 Å². The fourth-order valence-corrected chi connectivity index (χ4v) is 4.10. The number of guanidine groups is 1. The van der Waals surface area contributed by atoms with Crippen molar-refractivity contribution in [1.29, 1.82) is 5.26 Å². The second kappa shape index (κ2) is 11.7. The molecule has 8 heteroatoms. The largest absolute Gasteiger partial charge is 0.352 e. The van der Waals surface area contributed by atoms with Gasteiger partial charge in [0.15, 0.2) is 0 Å². The van der Waals surface area contributed by atoms with Crippen molar-refractivity contribution in [2.45, 2.75) is 25.7 Å². The summed E-state index contributed by atoms with van der Waals surface area (Å²) >= 11 is 1.51. The number of carbonyl (C=O) groups excluding carboxylic acids is 1. The number of rotatable bonds is 7. The number of allylic oxidation sites excluding steroid dienone is 1. The van der Waals surface area contributed by atoms with Crippen molar-refractivity contribution in [2.24, 2.45) is 10.9 Å². The normalized spacial score (nSPS) is 15.2. The van der Waals surface area contributed by atoms with Crippen LogP contribution in [-0.2, 0) is 0 Å². The summed E-state index contributed by atoms with van der Waals surface area (Å²) in [4.78, 5) is 23.0. The highest BCUT2D eigenvalue weighted by Gasteiger charge is 2.23. The van der Waals surface area contributed by atoms with Crippen LogP contribution in [0.1, 0.15) is 35.4 Å². The Morgan fingerprint density at radius 1 is 1.33 bits per heavy atom. The van der Waals surface area contributed by atoms with Crippen LogP contribution in [-0.4, -0.2) is 41.4 Å². The predicted molar refractivity (Wildman–Crippen MR) is 120 cm³/mol. The minimum absolute atomic E-state index is 0.171. The maximum atomic E-state index is 12.4. The number of piperidine rings is 1. The van der Waals surface area contributed by atoms with Crippen molar-refractivity contribution in [1.82, 2.24) is 15.2 Å². The molecule has 0 saturated carbocycles. The van der Waals surface area contributed by atoms with Crippen LogP contribution >= 0.6 is 11.3 Å². The number of nitrogens with one attached hydrogen (secondary N) is 2. The topological polar surface area (TPSA) is 93.4 Å². The van der Waals surface area contributed by atoms with Gasteiger partial charge in [0.25, 0.3) is 5.91 Å². The van der Waals surface area contributed by atoms with Crippen molar-refractivity contribution < 1.29 is 4.79 Å². The van der Waals surface area contributed by atoms with Crippen molar-refractivity contribution in [3.05, 3.63) is 59.1 Å². The lowest BCUT2D eigenvalue weighted by Crippen LogP contribution is -2.38. The zero-order chi connectivity index (χ0) is 21.0. The third kappa shape index (κ3) is 6.71. The van der Waals surface area contributed by atoms with E-state index in [9.17, 15) is 4.79 Å². The molecular weight excluding hydrogens is 396 g/mol. The van der Waals surface area contributed by atoms with Crippen LogP contribution < -0.4 is 10.6 Å². The highest BCUT2D eigenvalue weighted by atomic mass is 32.1. The summed E-state index contributed by atoms with van der Waals surface area (Å²) in [6.07, 6.45) is 13.6. The van der Waals surface area contributed by atoms with Gasteiger partial charge in [-0.15, -0.1) is 16.3 Å². The summed E-state index contributed by atoms with van der Waals surface area (Å²) in [6, 6.07) is 7.50. The first-order chi connectivity index (χ1) is 14.8. The molecule has 1 fully saturated rings. The van der Waals surface area contributed by atoms with Crippen LogP contribution in [0.5, 0.6) is 0 Å². The molecule has 30 heavy (non-hydrogen) atoms. The summed E-state index contributed by atoms with van der Waals surface area (Å²) in [5.74, 6) is 1.24. The SMILES string of the molecule is N#C/N=C(\NC/C=C/CCC1CCN(C(=O)c2cccs2)CC1)Nc1cccnc1. The molecule has 1 amide bonds. The molecule has 1 saturated heterocycles. The number of thiophene rings is 1. The second-order valence-corrected chi connectivity index (χ2v) is 8.02. The molecule has 2 aromatic heterocycles. The van der Waals surface area contributed by atoms with Crippen LogP contribution in [0.15, 0.2) is 59.2 Å². The van der Waals surface area contributed by atoms with Crippen LogP contribution in [0, 0.1) is 17.4 Å². The average molecular weight is 423 g/mol. The Bertz CT molecular complexity index is 880. The lowest BCUT2D eigenvalue weighted by Gasteiger charge is -2.31. The van der Waals surface area contributed by atoms with Gasteiger partial charge >= 0.3 is 0 Å². The number of hydrogen-bond donors (Lipinski definition) is 2. The fraction of sp³-hybridized carbons (Fsp3) is 0.364. The summed E-state index contributed by atoms with van der Waals surface area (Å²) in [5, 5.41) is 16.9. The van der Waals surface area contributed by atoms with Crippen molar-refractivity contribution in [2.75, 3.05) is 25.0 Å². The Kier molecular flexibility index (Phi) is 8.42. The van der Waals surface area contributed by atoms with E-state index in [1.54, 1.807) is 18.6 Å². The van der Waals surface area contributed by atoms with E-state index < -0.39 is 0 Å². The van der Waals surface area contributed by atoms with Crippen LogP contribution in [0.3, 0.4) is 0 Å². The maximum absolute atomic E-state index is 12.4. The average Bonchev–Trinajstić information content (AvgIpc) is 3.32.